The van der Waals surface area contributed by atoms with Gasteiger partial charge in [-0.2, -0.15) is 0 Å². The maximum Gasteiger partial charge on any atom is 0.251 e. The van der Waals surface area contributed by atoms with E-state index in [0.717, 1.165) is 17.5 Å². The Morgan fingerprint density at radius 3 is 2.00 bits per heavy atom. The minimum atomic E-state index is -0.0348. The van der Waals surface area contributed by atoms with Gasteiger partial charge in [0.1, 0.15) is 0 Å². The summed E-state index contributed by atoms with van der Waals surface area (Å²) in [6, 6.07) is 15.7. The van der Waals surface area contributed by atoms with Crippen LogP contribution in [-0.4, -0.2) is 11.9 Å². The molecule has 2 nitrogen and oxygen atoms in total. The largest absolute Gasteiger partial charge is 0.350 e. The summed E-state index contributed by atoms with van der Waals surface area (Å²) in [5, 5.41) is 2.95. The Hall–Kier alpha value is -2.53. The lowest BCUT2D eigenvalue weighted by molar-refractivity contribution is 0.0939. The number of carbonyl (C=O) groups excluding carboxylic acids is 1. The second-order valence-corrected chi connectivity index (χ2v) is 5.48. The van der Waals surface area contributed by atoms with Gasteiger partial charge in [-0.3, -0.25) is 4.79 Å². The van der Waals surface area contributed by atoms with E-state index >= 15 is 0 Å². The number of hydrogen-bond acceptors (Lipinski definition) is 1. The molecule has 0 heterocycles. The van der Waals surface area contributed by atoms with E-state index in [2.05, 4.69) is 31.0 Å². The van der Waals surface area contributed by atoms with Crippen molar-refractivity contribution in [2.75, 3.05) is 0 Å². The lowest BCUT2D eigenvalue weighted by Gasteiger charge is -2.11. The van der Waals surface area contributed by atoms with Crippen molar-refractivity contribution < 1.29 is 4.79 Å². The van der Waals surface area contributed by atoms with Crippen molar-refractivity contribution in [1.29, 1.82) is 0 Å². The molecule has 0 fully saturated rings. The van der Waals surface area contributed by atoms with Gasteiger partial charge in [0, 0.05) is 22.7 Å². The fourth-order valence-corrected chi connectivity index (χ4v) is 1.90. The predicted octanol–water partition coefficient (Wildman–Crippen LogP) is 3.92. The van der Waals surface area contributed by atoms with Gasteiger partial charge >= 0.3 is 0 Å². The summed E-state index contributed by atoms with van der Waals surface area (Å²) in [5.74, 6) is 6.21. The lowest BCUT2D eigenvalue weighted by atomic mass is 10.1. The Labute approximate surface area is 132 Å². The van der Waals surface area contributed by atoms with Gasteiger partial charge in [-0.05, 0) is 56.7 Å². The molecule has 2 aromatic carbocycles. The van der Waals surface area contributed by atoms with E-state index in [1.54, 1.807) is 0 Å². The highest BCUT2D eigenvalue weighted by Crippen LogP contribution is 2.06. The zero-order valence-corrected chi connectivity index (χ0v) is 13.3. The van der Waals surface area contributed by atoms with Crippen LogP contribution in [0.15, 0.2) is 48.5 Å². The van der Waals surface area contributed by atoms with Crippen molar-refractivity contribution in [3.8, 4) is 11.8 Å². The van der Waals surface area contributed by atoms with E-state index in [0.29, 0.717) is 5.56 Å². The molecule has 1 amide bonds. The summed E-state index contributed by atoms with van der Waals surface area (Å²) in [6.45, 7) is 6.11. The fourth-order valence-electron chi connectivity index (χ4n) is 1.90. The first-order chi connectivity index (χ1) is 10.6. The summed E-state index contributed by atoms with van der Waals surface area (Å²) in [4.78, 5) is 12.0. The summed E-state index contributed by atoms with van der Waals surface area (Å²) in [6.07, 6.45) is 0.922. The van der Waals surface area contributed by atoms with Gasteiger partial charge in [0.25, 0.3) is 5.91 Å². The molecule has 2 heteroatoms. The molecule has 0 spiro atoms. The minimum Gasteiger partial charge on any atom is -0.350 e. The van der Waals surface area contributed by atoms with Crippen molar-refractivity contribution in [3.63, 3.8) is 0 Å². The molecule has 0 saturated carbocycles. The van der Waals surface area contributed by atoms with Gasteiger partial charge in [-0.1, -0.05) is 36.5 Å². The monoisotopic (exact) mass is 291 g/mol. The van der Waals surface area contributed by atoms with Crippen LogP contribution in [0.1, 0.15) is 47.3 Å². The van der Waals surface area contributed by atoms with Crippen LogP contribution in [0.3, 0.4) is 0 Å². The zero-order valence-electron chi connectivity index (χ0n) is 13.3. The summed E-state index contributed by atoms with van der Waals surface area (Å²) in [7, 11) is 0. The van der Waals surface area contributed by atoms with Crippen LogP contribution in [0.4, 0.5) is 0 Å². The number of hydrogen-bond donors (Lipinski definition) is 1. The predicted molar refractivity (Wildman–Crippen MR) is 90.8 cm³/mol. The number of rotatable bonds is 3. The molecule has 0 radical (unpaired) electrons. The average molecular weight is 291 g/mol. The Morgan fingerprint density at radius 2 is 1.50 bits per heavy atom. The summed E-state index contributed by atoms with van der Waals surface area (Å²) in [5.41, 5.74) is 3.79. The topological polar surface area (TPSA) is 29.1 Å². The Balaban J connectivity index is 2.06. The third kappa shape index (κ3) is 4.49. The lowest BCUT2D eigenvalue weighted by Crippen LogP contribution is -2.31. The van der Waals surface area contributed by atoms with Crippen molar-refractivity contribution in [2.24, 2.45) is 0 Å². The standard InChI is InChI=1S/C20H21NO/c1-4-16(3)21-20(22)19-13-11-18(12-14-19)10-9-17-7-5-15(2)6-8-17/h5-8,11-14,16H,4H2,1-3H3,(H,21,22). The molecule has 0 aromatic heterocycles. The highest BCUT2D eigenvalue weighted by Gasteiger charge is 2.07. The van der Waals surface area contributed by atoms with Crippen LogP contribution < -0.4 is 5.32 Å². The molecule has 0 saturated heterocycles. The smallest absolute Gasteiger partial charge is 0.251 e. The summed E-state index contributed by atoms with van der Waals surface area (Å²) >= 11 is 0. The maximum absolute atomic E-state index is 12.0. The fraction of sp³-hybridized carbons (Fsp3) is 0.250. The number of carbonyl (C=O) groups is 1. The van der Waals surface area contributed by atoms with E-state index < -0.39 is 0 Å². The first kappa shape index (κ1) is 15.9. The van der Waals surface area contributed by atoms with Gasteiger partial charge < -0.3 is 5.32 Å². The van der Waals surface area contributed by atoms with E-state index in [4.69, 9.17) is 0 Å². The molecule has 112 valence electrons. The molecule has 0 aliphatic heterocycles. The zero-order chi connectivity index (χ0) is 15.9. The highest BCUT2D eigenvalue weighted by atomic mass is 16.1. The van der Waals surface area contributed by atoms with E-state index in [-0.39, 0.29) is 11.9 Å². The van der Waals surface area contributed by atoms with E-state index in [9.17, 15) is 4.79 Å². The van der Waals surface area contributed by atoms with Crippen molar-refractivity contribution >= 4 is 5.91 Å². The first-order valence-electron chi connectivity index (χ1n) is 7.58. The molecule has 0 aliphatic rings. The van der Waals surface area contributed by atoms with Gasteiger partial charge in [-0.15, -0.1) is 0 Å². The second-order valence-electron chi connectivity index (χ2n) is 5.48. The number of nitrogens with one attached hydrogen (secondary N) is 1. The Kier molecular flexibility index (Phi) is 5.38. The average Bonchev–Trinajstić information content (AvgIpc) is 2.54. The van der Waals surface area contributed by atoms with Crippen LogP contribution in [0.5, 0.6) is 0 Å². The molecule has 1 atom stereocenters. The van der Waals surface area contributed by atoms with Gasteiger partial charge in [0.05, 0.1) is 0 Å². The molecular formula is C20H21NO. The van der Waals surface area contributed by atoms with Gasteiger partial charge in [0.15, 0.2) is 0 Å². The minimum absolute atomic E-state index is 0.0348. The molecule has 2 aromatic rings. The normalized spacial score (nSPS) is 11.2. The molecule has 22 heavy (non-hydrogen) atoms. The molecule has 1 N–H and O–H groups in total. The third-order valence-electron chi connectivity index (χ3n) is 3.54. The Bertz CT molecular complexity index is 687. The number of amides is 1. The second kappa shape index (κ2) is 7.47. The molecular weight excluding hydrogens is 270 g/mol. The van der Waals surface area contributed by atoms with Gasteiger partial charge in [0.2, 0.25) is 0 Å². The van der Waals surface area contributed by atoms with E-state index in [1.807, 2.05) is 55.5 Å². The van der Waals surface area contributed by atoms with Crippen LogP contribution in [-0.2, 0) is 0 Å². The van der Waals surface area contributed by atoms with Crippen LogP contribution in [0.2, 0.25) is 0 Å². The van der Waals surface area contributed by atoms with Gasteiger partial charge in [-0.25, -0.2) is 0 Å². The summed E-state index contributed by atoms with van der Waals surface area (Å²) < 4.78 is 0. The van der Waals surface area contributed by atoms with Crippen LogP contribution in [0, 0.1) is 18.8 Å². The number of aryl methyl sites for hydroxylation is 1. The van der Waals surface area contributed by atoms with E-state index in [1.165, 1.54) is 5.56 Å². The highest BCUT2D eigenvalue weighted by molar-refractivity contribution is 5.94. The molecule has 0 bridgehead atoms. The number of benzene rings is 2. The van der Waals surface area contributed by atoms with Crippen molar-refractivity contribution in [3.05, 3.63) is 70.8 Å². The first-order valence-corrected chi connectivity index (χ1v) is 7.58. The quantitative estimate of drug-likeness (QED) is 0.853. The SMILES string of the molecule is CCC(C)NC(=O)c1ccc(C#Cc2ccc(C)cc2)cc1. The van der Waals surface area contributed by atoms with Crippen LogP contribution >= 0.6 is 0 Å². The van der Waals surface area contributed by atoms with Crippen molar-refractivity contribution in [2.45, 2.75) is 33.2 Å². The maximum atomic E-state index is 12.0. The van der Waals surface area contributed by atoms with Crippen LogP contribution in [0.25, 0.3) is 0 Å². The molecule has 1 unspecified atom stereocenters. The Morgan fingerprint density at radius 1 is 1.00 bits per heavy atom. The van der Waals surface area contributed by atoms with Crippen molar-refractivity contribution in [1.82, 2.24) is 5.32 Å². The third-order valence-corrected chi connectivity index (χ3v) is 3.54. The molecule has 2 rings (SSSR count). The molecule has 0 aliphatic carbocycles.